The van der Waals surface area contributed by atoms with E-state index in [0.29, 0.717) is 18.3 Å². The molecule has 0 unspecified atom stereocenters. The van der Waals surface area contributed by atoms with Crippen LogP contribution in [0.1, 0.15) is 56.6 Å². The standard InChI is InChI=1S/C24H32F3N3O3/c1-15(2)28-9-6-18(7-10-28)33-19-4-5-20-17(12-19)13-21-23(32)29(14-16(3)30(20)21)11-8-22(31)24(25,26)27/h4-5,12-13,15-16,18,22,31H,6-11,14H2,1-3H3/t16-,22-/m1/s1. The van der Waals surface area contributed by atoms with Crippen LogP contribution in [-0.4, -0.2) is 76.0 Å². The minimum absolute atomic E-state index is 0.0923. The molecule has 1 fully saturated rings. The molecule has 0 saturated carbocycles. The van der Waals surface area contributed by atoms with Crippen molar-refractivity contribution in [2.24, 2.45) is 0 Å². The Kier molecular flexibility index (Phi) is 6.64. The van der Waals surface area contributed by atoms with Gasteiger partial charge < -0.3 is 24.2 Å². The Morgan fingerprint density at radius 2 is 1.88 bits per heavy atom. The topological polar surface area (TPSA) is 57.9 Å². The van der Waals surface area contributed by atoms with E-state index in [0.717, 1.165) is 42.6 Å². The summed E-state index contributed by atoms with van der Waals surface area (Å²) in [7, 11) is 0. The number of rotatable bonds is 6. The number of carbonyl (C=O) groups is 1. The number of carbonyl (C=O) groups excluding carboxylic acids is 1. The van der Waals surface area contributed by atoms with E-state index < -0.39 is 18.7 Å². The molecule has 2 aliphatic heterocycles. The molecule has 4 rings (SSSR count). The van der Waals surface area contributed by atoms with E-state index in [9.17, 15) is 23.1 Å². The summed E-state index contributed by atoms with van der Waals surface area (Å²) in [6, 6.07) is 8.04. The fourth-order valence-electron chi connectivity index (χ4n) is 4.91. The zero-order valence-electron chi connectivity index (χ0n) is 19.3. The molecule has 2 aliphatic rings. The van der Waals surface area contributed by atoms with Gasteiger partial charge in [-0.3, -0.25) is 4.79 Å². The molecule has 1 aromatic heterocycles. The smallest absolute Gasteiger partial charge is 0.414 e. The van der Waals surface area contributed by atoms with Gasteiger partial charge in [-0.05, 0) is 64.3 Å². The molecular formula is C24H32F3N3O3. The quantitative estimate of drug-likeness (QED) is 0.691. The number of halogens is 3. The molecule has 0 radical (unpaired) electrons. The van der Waals surface area contributed by atoms with Crippen LogP contribution >= 0.6 is 0 Å². The van der Waals surface area contributed by atoms with Crippen molar-refractivity contribution in [3.05, 3.63) is 30.0 Å². The third-order valence-corrected chi connectivity index (χ3v) is 6.80. The molecule has 1 amide bonds. The van der Waals surface area contributed by atoms with Crippen LogP contribution in [-0.2, 0) is 0 Å². The van der Waals surface area contributed by atoms with Crippen molar-refractivity contribution in [1.29, 1.82) is 0 Å². The highest BCUT2D eigenvalue weighted by atomic mass is 19.4. The molecule has 9 heteroatoms. The van der Waals surface area contributed by atoms with Crippen molar-refractivity contribution in [2.45, 2.75) is 70.5 Å². The summed E-state index contributed by atoms with van der Waals surface area (Å²) in [6.07, 6.45) is -5.55. The van der Waals surface area contributed by atoms with E-state index in [1.807, 2.05) is 29.7 Å². The maximum atomic E-state index is 13.0. The zero-order chi connectivity index (χ0) is 23.9. The number of fused-ring (bicyclic) bond motifs is 3. The van der Waals surface area contributed by atoms with Gasteiger partial charge in [-0.2, -0.15) is 13.2 Å². The molecule has 0 spiro atoms. The number of hydrogen-bond donors (Lipinski definition) is 1. The number of likely N-dealkylation sites (tertiary alicyclic amines) is 1. The Balaban J connectivity index is 1.48. The second kappa shape index (κ2) is 9.18. The molecule has 1 aromatic carbocycles. The van der Waals surface area contributed by atoms with Gasteiger partial charge in [0.15, 0.2) is 6.10 Å². The first-order valence-corrected chi connectivity index (χ1v) is 11.6. The highest BCUT2D eigenvalue weighted by Gasteiger charge is 2.39. The lowest BCUT2D eigenvalue weighted by atomic mass is 10.1. The van der Waals surface area contributed by atoms with Crippen LogP contribution < -0.4 is 4.74 Å². The molecule has 2 atom stereocenters. The number of aliphatic hydroxyl groups is 1. The Hall–Kier alpha value is -2.26. The van der Waals surface area contributed by atoms with E-state index in [1.54, 1.807) is 6.07 Å². The Morgan fingerprint density at radius 1 is 1.18 bits per heavy atom. The lowest BCUT2D eigenvalue weighted by Crippen LogP contribution is -2.44. The van der Waals surface area contributed by atoms with Crippen molar-refractivity contribution in [3.63, 3.8) is 0 Å². The fraction of sp³-hybridized carbons (Fsp3) is 0.625. The number of aromatic nitrogens is 1. The number of piperidine rings is 1. The summed E-state index contributed by atoms with van der Waals surface area (Å²) in [5.74, 6) is 0.445. The van der Waals surface area contributed by atoms with Gasteiger partial charge >= 0.3 is 6.18 Å². The van der Waals surface area contributed by atoms with Crippen molar-refractivity contribution in [2.75, 3.05) is 26.2 Å². The minimum atomic E-state index is -4.68. The number of alkyl halides is 3. The Bertz CT molecular complexity index is 996. The fourth-order valence-corrected chi connectivity index (χ4v) is 4.91. The van der Waals surface area contributed by atoms with Crippen LogP contribution in [0.2, 0.25) is 0 Å². The number of amides is 1. The van der Waals surface area contributed by atoms with Crippen molar-refractivity contribution >= 4 is 16.8 Å². The molecule has 0 aliphatic carbocycles. The summed E-state index contributed by atoms with van der Waals surface area (Å²) >= 11 is 0. The summed E-state index contributed by atoms with van der Waals surface area (Å²) in [5, 5.41) is 10.2. The third kappa shape index (κ3) is 4.99. The molecule has 0 bridgehead atoms. The zero-order valence-corrected chi connectivity index (χ0v) is 19.3. The monoisotopic (exact) mass is 467 g/mol. The molecular weight excluding hydrogens is 435 g/mol. The van der Waals surface area contributed by atoms with Gasteiger partial charge in [-0.15, -0.1) is 0 Å². The molecule has 1 N–H and O–H groups in total. The largest absolute Gasteiger partial charge is 0.490 e. The highest BCUT2D eigenvalue weighted by Crippen LogP contribution is 2.33. The number of benzene rings is 1. The summed E-state index contributed by atoms with van der Waals surface area (Å²) < 4.78 is 46.1. The molecule has 1 saturated heterocycles. The van der Waals surface area contributed by atoms with Gasteiger partial charge in [-0.1, -0.05) is 0 Å². The van der Waals surface area contributed by atoms with Crippen LogP contribution in [0.15, 0.2) is 24.3 Å². The summed E-state index contributed by atoms with van der Waals surface area (Å²) in [6.45, 7) is 8.51. The second-order valence-electron chi connectivity index (χ2n) is 9.51. The van der Waals surface area contributed by atoms with E-state index in [1.165, 1.54) is 4.90 Å². The number of ether oxygens (including phenoxy) is 1. The van der Waals surface area contributed by atoms with Crippen LogP contribution in [0.25, 0.3) is 10.9 Å². The van der Waals surface area contributed by atoms with Crippen molar-refractivity contribution in [3.8, 4) is 5.75 Å². The van der Waals surface area contributed by atoms with Gasteiger partial charge in [0, 0.05) is 49.2 Å². The van der Waals surface area contributed by atoms with Crippen LogP contribution in [0, 0.1) is 0 Å². The van der Waals surface area contributed by atoms with Crippen LogP contribution in [0.5, 0.6) is 5.75 Å². The predicted molar refractivity (Wildman–Crippen MR) is 120 cm³/mol. The average Bonchev–Trinajstić information content (AvgIpc) is 3.14. The van der Waals surface area contributed by atoms with Gasteiger partial charge in [0.1, 0.15) is 17.5 Å². The van der Waals surface area contributed by atoms with Crippen LogP contribution in [0.3, 0.4) is 0 Å². The highest BCUT2D eigenvalue weighted by molar-refractivity contribution is 6.00. The second-order valence-corrected chi connectivity index (χ2v) is 9.51. The van der Waals surface area contributed by atoms with E-state index in [-0.39, 0.29) is 24.6 Å². The molecule has 2 aromatic rings. The Morgan fingerprint density at radius 3 is 2.52 bits per heavy atom. The minimum Gasteiger partial charge on any atom is -0.490 e. The lowest BCUT2D eigenvalue weighted by molar-refractivity contribution is -0.205. The summed E-state index contributed by atoms with van der Waals surface area (Å²) in [5.41, 5.74) is 1.36. The maximum absolute atomic E-state index is 13.0. The predicted octanol–water partition coefficient (Wildman–Crippen LogP) is 4.22. The first-order valence-electron chi connectivity index (χ1n) is 11.6. The van der Waals surface area contributed by atoms with Gasteiger partial charge in [0.05, 0.1) is 0 Å². The SMILES string of the molecule is CC(C)N1CCC(Oc2ccc3c(c2)cc2n3[C@H](C)CN(CC[C@@H](O)C(F)(F)F)C2=O)CC1. The molecule has 33 heavy (non-hydrogen) atoms. The number of aliphatic hydroxyl groups excluding tert-OH is 1. The summed E-state index contributed by atoms with van der Waals surface area (Å²) in [4.78, 5) is 16.8. The first kappa shape index (κ1) is 23.9. The normalized spacial score (nSPS) is 21.6. The average molecular weight is 468 g/mol. The van der Waals surface area contributed by atoms with Gasteiger partial charge in [0.2, 0.25) is 0 Å². The Labute approximate surface area is 191 Å². The molecule has 3 heterocycles. The number of nitrogens with zero attached hydrogens (tertiary/aromatic N) is 3. The third-order valence-electron chi connectivity index (χ3n) is 6.80. The van der Waals surface area contributed by atoms with Gasteiger partial charge in [-0.25, -0.2) is 0 Å². The number of hydrogen-bond acceptors (Lipinski definition) is 4. The van der Waals surface area contributed by atoms with Gasteiger partial charge in [0.25, 0.3) is 5.91 Å². The van der Waals surface area contributed by atoms with E-state index in [2.05, 4.69) is 18.7 Å². The molecule has 182 valence electrons. The van der Waals surface area contributed by atoms with E-state index in [4.69, 9.17) is 4.74 Å². The van der Waals surface area contributed by atoms with Crippen molar-refractivity contribution < 1.29 is 27.8 Å². The maximum Gasteiger partial charge on any atom is 0.414 e. The van der Waals surface area contributed by atoms with Crippen molar-refractivity contribution in [1.82, 2.24) is 14.4 Å². The van der Waals surface area contributed by atoms with Crippen LogP contribution in [0.4, 0.5) is 13.2 Å². The van der Waals surface area contributed by atoms with E-state index >= 15 is 0 Å². The molecule has 6 nitrogen and oxygen atoms in total. The first-order chi connectivity index (χ1) is 15.5. The lowest BCUT2D eigenvalue weighted by Gasteiger charge is -2.34.